The van der Waals surface area contributed by atoms with Gasteiger partial charge in [0.2, 0.25) is 0 Å². The van der Waals surface area contributed by atoms with Crippen LogP contribution in [-0.2, 0) is 4.74 Å². The Morgan fingerprint density at radius 2 is 1.94 bits per heavy atom. The molecule has 0 rings (SSSR count). The highest BCUT2D eigenvalue weighted by Gasteiger charge is 2.03. The predicted molar refractivity (Wildman–Crippen MR) is 64.0 cm³/mol. The molecule has 0 aliphatic rings. The van der Waals surface area contributed by atoms with E-state index in [0.29, 0.717) is 0 Å². The van der Waals surface area contributed by atoms with Crippen molar-refractivity contribution in [3.8, 4) is 0 Å². The van der Waals surface area contributed by atoms with Gasteiger partial charge < -0.3 is 19.1 Å². The first-order valence-corrected chi connectivity index (χ1v) is 5.58. The zero-order valence-electron chi connectivity index (χ0n) is 11.0. The molecule has 0 N–H and O–H groups in total. The van der Waals surface area contributed by atoms with Gasteiger partial charge in [-0.25, -0.2) is 0 Å². The van der Waals surface area contributed by atoms with Crippen LogP contribution >= 0.6 is 0 Å². The third-order valence-corrected chi connectivity index (χ3v) is 1.75. The second kappa shape index (κ2) is 10.5. The molecular weight excluding hydrogens is 206 g/mol. The molecule has 4 nitrogen and oxygen atoms in total. The Bertz CT molecular complexity index is 185. The van der Waals surface area contributed by atoms with E-state index < -0.39 is 6.16 Å². The number of hydrogen-bond acceptors (Lipinski definition) is 3. The molecule has 0 aromatic heterocycles. The minimum absolute atomic E-state index is 0.00231. The van der Waals surface area contributed by atoms with Crippen molar-refractivity contribution in [3.05, 3.63) is 12.7 Å². The van der Waals surface area contributed by atoms with Crippen LogP contribution in [0.4, 0.5) is 4.79 Å². The average Bonchev–Trinajstić information content (AvgIpc) is 2.14. The Kier molecular flexibility index (Phi) is 11.4. The minimum atomic E-state index is -1.51. The van der Waals surface area contributed by atoms with Gasteiger partial charge in [-0.2, -0.15) is 0 Å². The van der Waals surface area contributed by atoms with Gasteiger partial charge in [0, 0.05) is 6.61 Å². The number of carbonyl (C=O) groups excluding carboxylic acids is 1. The van der Waals surface area contributed by atoms with Crippen LogP contribution in [0, 0.1) is 0 Å². The maximum Gasteiger partial charge on any atom is 0.252 e. The van der Waals surface area contributed by atoms with Crippen LogP contribution in [0.1, 0.15) is 26.2 Å². The van der Waals surface area contributed by atoms with Crippen molar-refractivity contribution in [2.45, 2.75) is 26.2 Å². The van der Waals surface area contributed by atoms with Gasteiger partial charge in [0.1, 0.15) is 0 Å². The molecule has 0 amide bonds. The Morgan fingerprint density at radius 3 is 2.19 bits per heavy atom. The summed E-state index contributed by atoms with van der Waals surface area (Å²) in [5.74, 6) is 0. The number of rotatable bonds is 6. The molecular formula is C12H25NO3. The van der Waals surface area contributed by atoms with Crippen LogP contribution in [0.2, 0.25) is 0 Å². The minimum Gasteiger partial charge on any atom is -0.546 e. The fraction of sp³-hybridized carbons (Fsp3) is 0.750. The first-order chi connectivity index (χ1) is 7.33. The van der Waals surface area contributed by atoms with Gasteiger partial charge in [-0.15, -0.1) is 6.58 Å². The van der Waals surface area contributed by atoms with Crippen molar-refractivity contribution >= 4 is 6.16 Å². The molecule has 0 aliphatic carbocycles. The van der Waals surface area contributed by atoms with Crippen molar-refractivity contribution in [1.82, 2.24) is 0 Å². The fourth-order valence-electron chi connectivity index (χ4n) is 0.963. The third-order valence-electron chi connectivity index (χ3n) is 1.75. The molecule has 0 aliphatic heterocycles. The summed E-state index contributed by atoms with van der Waals surface area (Å²) in [6.07, 6.45) is 3.91. The van der Waals surface area contributed by atoms with E-state index in [9.17, 15) is 9.90 Å². The Hall–Kier alpha value is -1.03. The summed E-state index contributed by atoms with van der Waals surface area (Å²) >= 11 is 0. The number of hydrogen-bond donors (Lipinski definition) is 0. The van der Waals surface area contributed by atoms with E-state index in [1.54, 1.807) is 0 Å². The first-order valence-electron chi connectivity index (χ1n) is 5.58. The SMILES string of the molecule is C=CCOC(=O)[O-].CCCCC[N+](C)(C)C. The lowest BCUT2D eigenvalue weighted by Gasteiger charge is -2.23. The molecule has 0 fully saturated rings. The molecule has 96 valence electrons. The van der Waals surface area contributed by atoms with Crippen LogP contribution in [0.15, 0.2) is 12.7 Å². The van der Waals surface area contributed by atoms with Crippen molar-refractivity contribution in [2.24, 2.45) is 0 Å². The number of carboxylic acid groups (broad SMARTS) is 1. The fourth-order valence-corrected chi connectivity index (χ4v) is 0.963. The Labute approximate surface area is 99.1 Å². The number of nitrogens with zero attached hydrogens (tertiary/aromatic N) is 1. The molecule has 0 bridgehead atoms. The highest BCUT2D eigenvalue weighted by Crippen LogP contribution is 1.98. The van der Waals surface area contributed by atoms with Crippen LogP contribution in [0.3, 0.4) is 0 Å². The van der Waals surface area contributed by atoms with E-state index in [2.05, 4.69) is 39.4 Å². The molecule has 0 aromatic carbocycles. The lowest BCUT2D eigenvalue weighted by atomic mass is 10.2. The summed E-state index contributed by atoms with van der Waals surface area (Å²) < 4.78 is 4.99. The standard InChI is InChI=1S/C8H20N.C4H6O3/c1-5-6-7-8-9(2,3)4;1-2-3-7-4(5)6/h5-8H2,1-4H3;2H,1,3H2,(H,5,6)/q+1;/p-1. The zero-order valence-corrected chi connectivity index (χ0v) is 11.0. The molecule has 0 saturated carbocycles. The second-order valence-corrected chi connectivity index (χ2v) is 4.57. The molecule has 0 radical (unpaired) electrons. The maximum atomic E-state index is 9.38. The number of quaternary nitrogens is 1. The van der Waals surface area contributed by atoms with E-state index in [1.165, 1.54) is 31.9 Å². The van der Waals surface area contributed by atoms with Gasteiger partial charge >= 0.3 is 0 Å². The van der Waals surface area contributed by atoms with Gasteiger partial charge in [0.25, 0.3) is 6.16 Å². The summed E-state index contributed by atoms with van der Waals surface area (Å²) in [6, 6.07) is 0. The van der Waals surface area contributed by atoms with E-state index in [4.69, 9.17) is 0 Å². The average molecular weight is 231 g/mol. The highest BCUT2D eigenvalue weighted by molar-refractivity contribution is 5.54. The maximum absolute atomic E-state index is 9.38. The van der Waals surface area contributed by atoms with Gasteiger partial charge in [-0.3, -0.25) is 0 Å². The smallest absolute Gasteiger partial charge is 0.252 e. The summed E-state index contributed by atoms with van der Waals surface area (Å²) in [5.41, 5.74) is 0. The summed E-state index contributed by atoms with van der Waals surface area (Å²) in [6.45, 7) is 6.78. The molecule has 0 unspecified atom stereocenters. The molecule has 16 heavy (non-hydrogen) atoms. The lowest BCUT2D eigenvalue weighted by Crippen LogP contribution is -2.35. The quantitative estimate of drug-likeness (QED) is 0.300. The monoisotopic (exact) mass is 231 g/mol. The highest BCUT2D eigenvalue weighted by atomic mass is 16.7. The second-order valence-electron chi connectivity index (χ2n) is 4.57. The third kappa shape index (κ3) is 23.1. The van der Waals surface area contributed by atoms with Crippen molar-refractivity contribution < 1.29 is 19.1 Å². The van der Waals surface area contributed by atoms with Gasteiger partial charge in [-0.1, -0.05) is 19.4 Å². The molecule has 4 heteroatoms. The molecule has 0 spiro atoms. The lowest BCUT2D eigenvalue weighted by molar-refractivity contribution is -0.870. The van der Waals surface area contributed by atoms with Crippen molar-refractivity contribution in [2.75, 3.05) is 34.3 Å². The number of ether oxygens (including phenoxy) is 1. The van der Waals surface area contributed by atoms with Crippen LogP contribution in [-0.4, -0.2) is 44.9 Å². The van der Waals surface area contributed by atoms with Crippen LogP contribution in [0.25, 0.3) is 0 Å². The van der Waals surface area contributed by atoms with Crippen molar-refractivity contribution in [3.63, 3.8) is 0 Å². The summed E-state index contributed by atoms with van der Waals surface area (Å²) in [5, 5.41) is 9.38. The summed E-state index contributed by atoms with van der Waals surface area (Å²) in [4.78, 5) is 9.38. The first kappa shape index (κ1) is 17.4. The zero-order chi connectivity index (χ0) is 13.0. The predicted octanol–water partition coefficient (Wildman–Crippen LogP) is 1.42. The van der Waals surface area contributed by atoms with E-state index in [0.717, 1.165) is 4.48 Å². The number of unbranched alkanes of at least 4 members (excludes halogenated alkanes) is 2. The van der Waals surface area contributed by atoms with Gasteiger partial charge in [0.05, 0.1) is 27.7 Å². The van der Waals surface area contributed by atoms with Crippen molar-refractivity contribution in [1.29, 1.82) is 0 Å². The van der Waals surface area contributed by atoms with Gasteiger partial charge in [0.15, 0.2) is 0 Å². The van der Waals surface area contributed by atoms with E-state index in [1.807, 2.05) is 0 Å². The Balaban J connectivity index is 0. The Morgan fingerprint density at radius 1 is 1.38 bits per heavy atom. The van der Waals surface area contributed by atoms with Gasteiger partial charge in [-0.05, 0) is 12.8 Å². The van der Waals surface area contributed by atoms with E-state index >= 15 is 0 Å². The molecule has 0 saturated heterocycles. The topological polar surface area (TPSA) is 49.4 Å². The number of carbonyl (C=O) groups is 1. The van der Waals surface area contributed by atoms with Crippen LogP contribution in [0.5, 0.6) is 0 Å². The normalized spacial score (nSPS) is 10.0. The van der Waals surface area contributed by atoms with Crippen LogP contribution < -0.4 is 5.11 Å². The molecule has 0 aromatic rings. The van der Waals surface area contributed by atoms with E-state index in [-0.39, 0.29) is 6.61 Å². The summed E-state index contributed by atoms with van der Waals surface area (Å²) in [7, 11) is 6.74. The largest absolute Gasteiger partial charge is 0.546 e. The molecule has 0 heterocycles. The molecule has 0 atom stereocenters.